The fourth-order valence-electron chi connectivity index (χ4n) is 2.84. The molecule has 3 aromatic heterocycles. The molecular weight excluding hydrogens is 318 g/mol. The molecule has 0 spiro atoms. The molecule has 0 atom stereocenters. The molecule has 0 saturated carbocycles. The number of nitrogens with one attached hydrogen (secondary N) is 2. The van der Waals surface area contributed by atoms with Crippen molar-refractivity contribution < 1.29 is 4.79 Å². The summed E-state index contributed by atoms with van der Waals surface area (Å²) >= 11 is 0. The normalized spacial score (nSPS) is 11.0. The van der Waals surface area contributed by atoms with Crippen LogP contribution in [0.5, 0.6) is 0 Å². The minimum atomic E-state index is -0.299. The zero-order chi connectivity index (χ0) is 17.2. The van der Waals surface area contributed by atoms with Gasteiger partial charge in [-0.25, -0.2) is 0 Å². The molecule has 0 saturated heterocycles. The van der Waals surface area contributed by atoms with E-state index < -0.39 is 0 Å². The van der Waals surface area contributed by atoms with Gasteiger partial charge in [-0.05, 0) is 18.2 Å². The van der Waals surface area contributed by atoms with E-state index >= 15 is 0 Å². The van der Waals surface area contributed by atoms with Crippen LogP contribution in [0, 0.1) is 0 Å². The second-order valence-corrected chi connectivity index (χ2v) is 5.64. The van der Waals surface area contributed by atoms with Gasteiger partial charge in [0.05, 0.1) is 5.56 Å². The summed E-state index contributed by atoms with van der Waals surface area (Å²) in [4.78, 5) is 27.0. The molecule has 4 aromatic rings. The first-order chi connectivity index (χ1) is 12.2. The van der Waals surface area contributed by atoms with Crippen LogP contribution in [0.25, 0.3) is 16.6 Å². The summed E-state index contributed by atoms with van der Waals surface area (Å²) in [5, 5.41) is 11.8. The number of H-pyrrole nitrogens is 1. The summed E-state index contributed by atoms with van der Waals surface area (Å²) in [7, 11) is 0. The summed E-state index contributed by atoms with van der Waals surface area (Å²) in [6, 6.07) is 14.2. The van der Waals surface area contributed by atoms with Crippen LogP contribution in [0.15, 0.2) is 59.5 Å². The third-order valence-corrected chi connectivity index (χ3v) is 4.01. The maximum Gasteiger partial charge on any atom is 0.252 e. The van der Waals surface area contributed by atoms with Crippen molar-refractivity contribution in [3.63, 3.8) is 0 Å². The SMILES string of the molecule is O=C(NCCc1nnc2ccccn12)c1cc(=O)[nH]c2ccccc12. The smallest absolute Gasteiger partial charge is 0.252 e. The van der Waals surface area contributed by atoms with E-state index in [2.05, 4.69) is 20.5 Å². The molecule has 2 N–H and O–H groups in total. The number of nitrogens with zero attached hydrogens (tertiary/aromatic N) is 3. The van der Waals surface area contributed by atoms with E-state index in [1.54, 1.807) is 6.07 Å². The van der Waals surface area contributed by atoms with Crippen LogP contribution >= 0.6 is 0 Å². The van der Waals surface area contributed by atoms with Gasteiger partial charge in [-0.3, -0.25) is 14.0 Å². The van der Waals surface area contributed by atoms with Gasteiger partial charge in [0.25, 0.3) is 5.91 Å². The van der Waals surface area contributed by atoms with E-state index in [4.69, 9.17) is 0 Å². The topological polar surface area (TPSA) is 92.2 Å². The first kappa shape index (κ1) is 15.1. The van der Waals surface area contributed by atoms with Crippen LogP contribution in [-0.2, 0) is 6.42 Å². The van der Waals surface area contributed by atoms with Gasteiger partial charge in [-0.2, -0.15) is 0 Å². The van der Waals surface area contributed by atoms with Crippen molar-refractivity contribution in [2.45, 2.75) is 6.42 Å². The number of para-hydroxylation sites is 1. The number of benzene rings is 1. The lowest BCUT2D eigenvalue weighted by Crippen LogP contribution is -2.27. The Kier molecular flexibility index (Phi) is 3.74. The molecule has 0 unspecified atom stereocenters. The van der Waals surface area contributed by atoms with Crippen molar-refractivity contribution in [1.29, 1.82) is 0 Å². The first-order valence-corrected chi connectivity index (χ1v) is 7.91. The van der Waals surface area contributed by atoms with Crippen LogP contribution in [0.1, 0.15) is 16.2 Å². The number of hydrogen-bond acceptors (Lipinski definition) is 4. The highest BCUT2D eigenvalue weighted by molar-refractivity contribution is 6.05. The fourth-order valence-corrected chi connectivity index (χ4v) is 2.84. The zero-order valence-electron chi connectivity index (χ0n) is 13.3. The Morgan fingerprint density at radius 2 is 1.96 bits per heavy atom. The standard InChI is InChI=1S/C18H15N5O2/c24-17-11-13(12-5-1-2-6-14(12)20-17)18(25)19-9-8-16-22-21-15-7-3-4-10-23(15)16/h1-7,10-11H,8-9H2,(H,19,25)(H,20,24). The van der Waals surface area contributed by atoms with E-state index in [1.807, 2.05) is 47.0 Å². The second-order valence-electron chi connectivity index (χ2n) is 5.64. The van der Waals surface area contributed by atoms with Crippen molar-refractivity contribution in [1.82, 2.24) is 24.9 Å². The summed E-state index contributed by atoms with van der Waals surface area (Å²) < 4.78 is 1.88. The number of fused-ring (bicyclic) bond motifs is 2. The zero-order valence-corrected chi connectivity index (χ0v) is 13.3. The Morgan fingerprint density at radius 3 is 2.88 bits per heavy atom. The van der Waals surface area contributed by atoms with Crippen LogP contribution < -0.4 is 10.9 Å². The van der Waals surface area contributed by atoms with Crippen LogP contribution in [-0.4, -0.2) is 32.0 Å². The molecule has 4 rings (SSSR count). The average molecular weight is 333 g/mol. The molecule has 0 aliphatic heterocycles. The highest BCUT2D eigenvalue weighted by Crippen LogP contribution is 2.14. The summed E-state index contributed by atoms with van der Waals surface area (Å²) in [5.74, 6) is 0.489. The lowest BCUT2D eigenvalue weighted by molar-refractivity contribution is 0.0955. The van der Waals surface area contributed by atoms with Crippen LogP contribution in [0.3, 0.4) is 0 Å². The molecule has 0 bridgehead atoms. The number of pyridine rings is 2. The number of hydrogen-bond donors (Lipinski definition) is 2. The lowest BCUT2D eigenvalue weighted by atomic mass is 10.1. The molecule has 0 aliphatic rings. The van der Waals surface area contributed by atoms with E-state index in [-0.39, 0.29) is 11.5 Å². The summed E-state index contributed by atoms with van der Waals surface area (Å²) in [6.07, 6.45) is 2.43. The van der Waals surface area contributed by atoms with Gasteiger partial charge in [0.2, 0.25) is 5.56 Å². The average Bonchev–Trinajstić information content (AvgIpc) is 3.04. The highest BCUT2D eigenvalue weighted by atomic mass is 16.2. The summed E-state index contributed by atoms with van der Waals surface area (Å²) in [5.41, 5.74) is 1.48. The Labute approximate surface area is 142 Å². The van der Waals surface area contributed by atoms with Crippen molar-refractivity contribution >= 4 is 22.5 Å². The fraction of sp³-hybridized carbons (Fsp3) is 0.111. The molecule has 124 valence electrons. The van der Waals surface area contributed by atoms with Crippen LogP contribution in [0.4, 0.5) is 0 Å². The molecule has 3 heterocycles. The number of aromatic amines is 1. The quantitative estimate of drug-likeness (QED) is 0.592. The van der Waals surface area contributed by atoms with Crippen molar-refractivity contribution in [3.05, 3.63) is 76.5 Å². The highest BCUT2D eigenvalue weighted by Gasteiger charge is 2.12. The summed E-state index contributed by atoms with van der Waals surface area (Å²) in [6.45, 7) is 0.398. The van der Waals surface area contributed by atoms with Crippen molar-refractivity contribution in [2.24, 2.45) is 0 Å². The Morgan fingerprint density at radius 1 is 1.12 bits per heavy atom. The number of amides is 1. The molecule has 0 aliphatic carbocycles. The Bertz CT molecular complexity index is 1130. The molecule has 7 heteroatoms. The van der Waals surface area contributed by atoms with Gasteiger partial charge in [0.1, 0.15) is 5.82 Å². The van der Waals surface area contributed by atoms with Gasteiger partial charge >= 0.3 is 0 Å². The molecule has 1 aromatic carbocycles. The van der Waals surface area contributed by atoms with Crippen LogP contribution in [0.2, 0.25) is 0 Å². The Balaban J connectivity index is 1.52. The number of aromatic nitrogens is 4. The minimum Gasteiger partial charge on any atom is -0.352 e. The monoisotopic (exact) mass is 333 g/mol. The predicted molar refractivity (Wildman–Crippen MR) is 93.6 cm³/mol. The lowest BCUT2D eigenvalue weighted by Gasteiger charge is -2.07. The van der Waals surface area contributed by atoms with Gasteiger partial charge in [-0.1, -0.05) is 24.3 Å². The number of rotatable bonds is 4. The number of carbonyl (C=O) groups excluding carboxylic acids is 1. The third kappa shape index (κ3) is 2.87. The van der Waals surface area contributed by atoms with Crippen molar-refractivity contribution in [3.8, 4) is 0 Å². The van der Waals surface area contributed by atoms with Gasteiger partial charge in [0.15, 0.2) is 5.65 Å². The Hall–Kier alpha value is -3.48. The minimum absolute atomic E-state index is 0.281. The van der Waals surface area contributed by atoms with Crippen molar-refractivity contribution in [2.75, 3.05) is 6.54 Å². The third-order valence-electron chi connectivity index (χ3n) is 4.01. The first-order valence-electron chi connectivity index (χ1n) is 7.91. The second kappa shape index (κ2) is 6.20. The molecule has 0 radical (unpaired) electrons. The number of carbonyl (C=O) groups is 1. The molecule has 1 amide bonds. The predicted octanol–water partition coefficient (Wildman–Crippen LogP) is 1.54. The largest absolute Gasteiger partial charge is 0.352 e. The van der Waals surface area contributed by atoms with E-state index in [9.17, 15) is 9.59 Å². The molecule has 0 fully saturated rings. The van der Waals surface area contributed by atoms with Gasteiger partial charge < -0.3 is 10.3 Å². The molecular formula is C18H15N5O2. The van der Waals surface area contributed by atoms with E-state index in [0.29, 0.717) is 29.4 Å². The van der Waals surface area contributed by atoms with E-state index in [1.165, 1.54) is 6.07 Å². The van der Waals surface area contributed by atoms with Gasteiger partial charge in [0, 0.05) is 36.1 Å². The van der Waals surface area contributed by atoms with E-state index in [0.717, 1.165) is 11.5 Å². The maximum atomic E-state index is 12.5. The molecule has 7 nitrogen and oxygen atoms in total. The maximum absolute atomic E-state index is 12.5. The van der Waals surface area contributed by atoms with Gasteiger partial charge in [-0.15, -0.1) is 10.2 Å². The molecule has 25 heavy (non-hydrogen) atoms.